The number of carbonyl (C=O) groups excluding carboxylic acids is 1. The molecular formula is C20H42NO5PSi. The van der Waals surface area contributed by atoms with Crippen LogP contribution in [0.25, 0.3) is 0 Å². The predicted octanol–water partition coefficient (Wildman–Crippen LogP) is 5.97. The summed E-state index contributed by atoms with van der Waals surface area (Å²) in [6, 6.07) is -0.393. The molecule has 0 bridgehead atoms. The van der Waals surface area contributed by atoms with Crippen molar-refractivity contribution in [1.82, 2.24) is 5.32 Å². The molecule has 1 unspecified atom stereocenters. The molecule has 0 spiro atoms. The van der Waals surface area contributed by atoms with E-state index in [1.54, 1.807) is 0 Å². The largest absolute Gasteiger partial charge is 0.444 e. The van der Waals surface area contributed by atoms with Crippen LogP contribution in [0.15, 0.2) is 0 Å². The molecule has 0 radical (unpaired) electrons. The summed E-state index contributed by atoms with van der Waals surface area (Å²) < 4.78 is 31.0. The van der Waals surface area contributed by atoms with Crippen molar-refractivity contribution >= 4 is 21.8 Å². The quantitative estimate of drug-likeness (QED) is 0.357. The van der Waals surface area contributed by atoms with E-state index in [1.807, 2.05) is 27.7 Å². The third kappa shape index (κ3) is 8.98. The van der Waals surface area contributed by atoms with Gasteiger partial charge in [-0.1, -0.05) is 39.0 Å². The van der Waals surface area contributed by atoms with Gasteiger partial charge in [0.1, 0.15) is 11.4 Å². The Morgan fingerprint density at radius 2 is 1.75 bits per heavy atom. The van der Waals surface area contributed by atoms with E-state index in [0.717, 1.165) is 19.3 Å². The van der Waals surface area contributed by atoms with Crippen molar-refractivity contribution < 1.29 is 23.0 Å². The summed E-state index contributed by atoms with van der Waals surface area (Å²) in [5, 5.41) is 3.00. The van der Waals surface area contributed by atoms with Gasteiger partial charge in [-0.15, -0.1) is 0 Å². The zero-order chi connectivity index (χ0) is 21.6. The highest BCUT2D eigenvalue weighted by atomic mass is 31.2. The van der Waals surface area contributed by atoms with Crippen LogP contribution >= 0.6 is 7.37 Å². The van der Waals surface area contributed by atoms with E-state index in [-0.39, 0.29) is 0 Å². The van der Waals surface area contributed by atoms with Gasteiger partial charge in [0, 0.05) is 13.3 Å². The topological polar surface area (TPSA) is 73.9 Å². The fourth-order valence-electron chi connectivity index (χ4n) is 3.70. The Hall–Kier alpha value is -0.363. The number of carbonyl (C=O) groups is 1. The normalized spacial score (nSPS) is 20.9. The molecule has 1 saturated carbocycles. The van der Waals surface area contributed by atoms with Gasteiger partial charge in [-0.05, 0) is 52.8 Å². The molecule has 0 aromatic carbocycles. The summed E-state index contributed by atoms with van der Waals surface area (Å²) in [4.78, 5) is 12.6. The first kappa shape index (κ1) is 25.7. The second kappa shape index (κ2) is 10.6. The maximum Gasteiger partial charge on any atom is 0.407 e. The Balaban J connectivity index is 3.16. The number of alkyl carbamates (subject to hydrolysis) is 1. The van der Waals surface area contributed by atoms with E-state index in [2.05, 4.69) is 25.0 Å². The Labute approximate surface area is 173 Å². The van der Waals surface area contributed by atoms with Gasteiger partial charge in [-0.25, -0.2) is 4.79 Å². The predicted molar refractivity (Wildman–Crippen MR) is 118 cm³/mol. The third-order valence-electron chi connectivity index (χ3n) is 4.97. The molecule has 0 heterocycles. The van der Waals surface area contributed by atoms with E-state index in [4.69, 9.17) is 13.7 Å². The fourth-order valence-corrected chi connectivity index (χ4v) is 7.75. The Kier molecular flexibility index (Phi) is 9.72. The van der Waals surface area contributed by atoms with Gasteiger partial charge < -0.3 is 19.0 Å². The van der Waals surface area contributed by atoms with Crippen LogP contribution in [0.3, 0.4) is 0 Å². The lowest BCUT2D eigenvalue weighted by atomic mass is 9.85. The monoisotopic (exact) mass is 435 g/mol. The first-order valence-corrected chi connectivity index (χ1v) is 15.9. The van der Waals surface area contributed by atoms with E-state index in [1.165, 1.54) is 26.4 Å². The van der Waals surface area contributed by atoms with E-state index in [9.17, 15) is 9.36 Å². The maximum absolute atomic E-state index is 13.6. The summed E-state index contributed by atoms with van der Waals surface area (Å²) >= 11 is 0. The zero-order valence-electron chi connectivity index (χ0n) is 19.2. The summed E-state index contributed by atoms with van der Waals surface area (Å²) in [5.74, 6) is -0.160. The first-order chi connectivity index (χ1) is 12.8. The highest BCUT2D eigenvalue weighted by Crippen LogP contribution is 2.54. The highest BCUT2D eigenvalue weighted by Gasteiger charge is 2.43. The number of hydrogen-bond acceptors (Lipinski definition) is 5. The Morgan fingerprint density at radius 1 is 1.18 bits per heavy atom. The van der Waals surface area contributed by atoms with Gasteiger partial charge in [0.15, 0.2) is 8.32 Å². The van der Waals surface area contributed by atoms with Crippen LogP contribution in [0.4, 0.5) is 4.79 Å². The summed E-state index contributed by atoms with van der Waals surface area (Å²) in [7, 11) is -3.63. The van der Waals surface area contributed by atoms with Gasteiger partial charge in [-0.3, -0.25) is 4.57 Å². The molecule has 0 aliphatic heterocycles. The molecule has 1 aliphatic rings. The van der Waals surface area contributed by atoms with Gasteiger partial charge in [-0.2, -0.15) is 0 Å². The standard InChI is InChI=1S/C20H42NO5PSi/c1-9-27(23,24-5)18(26-28(6,7)8)17(15-16-13-11-10-12-14-16)21-19(22)25-20(2,3)4/h16-18H,9-15H2,1-8H3,(H,21,22)/t17-,18+,27?/m0/s1. The van der Waals surface area contributed by atoms with Crippen LogP contribution in [-0.2, 0) is 18.3 Å². The second-order valence-corrected chi connectivity index (χ2v) is 17.3. The van der Waals surface area contributed by atoms with E-state index in [0.29, 0.717) is 12.1 Å². The summed E-state index contributed by atoms with van der Waals surface area (Å²) in [6.07, 6.45) is 6.57. The average molecular weight is 436 g/mol. The van der Waals surface area contributed by atoms with Crippen molar-refractivity contribution in [3.63, 3.8) is 0 Å². The molecule has 0 aromatic heterocycles. The minimum absolute atomic E-state index is 0.371. The smallest absolute Gasteiger partial charge is 0.407 e. The molecule has 1 aliphatic carbocycles. The van der Waals surface area contributed by atoms with Crippen molar-refractivity contribution in [1.29, 1.82) is 0 Å². The SMILES string of the molecule is CCP(=O)(OC)[C@@H](O[Si](C)(C)C)[C@H](CC1CCCCC1)NC(=O)OC(C)(C)C. The Bertz CT molecular complexity index is 530. The minimum atomic E-state index is -3.08. The van der Waals surface area contributed by atoms with E-state index >= 15 is 0 Å². The molecule has 1 rings (SSSR count). The molecule has 6 nitrogen and oxygen atoms in total. The molecule has 0 saturated heterocycles. The molecule has 0 aromatic rings. The maximum atomic E-state index is 13.6. The lowest BCUT2D eigenvalue weighted by molar-refractivity contribution is 0.0453. The van der Waals surface area contributed by atoms with Crippen LogP contribution in [0.5, 0.6) is 0 Å². The summed E-state index contributed by atoms with van der Waals surface area (Å²) in [6.45, 7) is 13.6. The van der Waals surface area contributed by atoms with E-state index < -0.39 is 39.3 Å². The Morgan fingerprint density at radius 3 is 2.18 bits per heavy atom. The van der Waals surface area contributed by atoms with Gasteiger partial charge in [0.05, 0.1) is 6.04 Å². The van der Waals surface area contributed by atoms with Crippen LogP contribution in [0.1, 0.15) is 66.2 Å². The van der Waals surface area contributed by atoms with Crippen molar-refractivity contribution in [3.05, 3.63) is 0 Å². The van der Waals surface area contributed by atoms with Crippen LogP contribution in [0, 0.1) is 5.92 Å². The molecule has 1 N–H and O–H groups in total. The first-order valence-electron chi connectivity index (χ1n) is 10.6. The molecule has 28 heavy (non-hydrogen) atoms. The van der Waals surface area contributed by atoms with Crippen molar-refractivity contribution in [2.45, 2.75) is 103 Å². The third-order valence-corrected chi connectivity index (χ3v) is 8.87. The van der Waals surface area contributed by atoms with Crippen molar-refractivity contribution in [2.24, 2.45) is 5.92 Å². The molecule has 166 valence electrons. The number of rotatable bonds is 9. The average Bonchev–Trinajstić information content (AvgIpc) is 2.57. The minimum Gasteiger partial charge on any atom is -0.444 e. The zero-order valence-corrected chi connectivity index (χ0v) is 21.1. The summed E-state index contributed by atoms with van der Waals surface area (Å²) in [5.41, 5.74) is -0.593. The number of nitrogens with one attached hydrogen (secondary N) is 1. The molecular weight excluding hydrogens is 393 g/mol. The molecule has 1 fully saturated rings. The van der Waals surface area contributed by atoms with Crippen LogP contribution < -0.4 is 5.32 Å². The van der Waals surface area contributed by atoms with Gasteiger partial charge >= 0.3 is 6.09 Å². The van der Waals surface area contributed by atoms with Crippen molar-refractivity contribution in [2.75, 3.05) is 13.3 Å². The lowest BCUT2D eigenvalue weighted by Gasteiger charge is -2.38. The number of amides is 1. The molecule has 3 atom stereocenters. The van der Waals surface area contributed by atoms with Crippen molar-refractivity contribution in [3.8, 4) is 0 Å². The molecule has 1 amide bonds. The van der Waals surface area contributed by atoms with Gasteiger partial charge in [0.2, 0.25) is 7.37 Å². The fraction of sp³-hybridized carbons (Fsp3) is 0.950. The molecule has 8 heteroatoms. The number of ether oxygens (including phenoxy) is 1. The lowest BCUT2D eigenvalue weighted by Crippen LogP contribution is -2.50. The highest BCUT2D eigenvalue weighted by molar-refractivity contribution is 7.59. The number of hydrogen-bond donors (Lipinski definition) is 1. The van der Waals surface area contributed by atoms with Gasteiger partial charge in [0.25, 0.3) is 0 Å². The second-order valence-electron chi connectivity index (χ2n) is 9.84. The van der Waals surface area contributed by atoms with Crippen LogP contribution in [0.2, 0.25) is 19.6 Å². The van der Waals surface area contributed by atoms with Crippen LogP contribution in [-0.4, -0.2) is 45.2 Å².